The van der Waals surface area contributed by atoms with E-state index in [1.54, 1.807) is 4.90 Å². The van der Waals surface area contributed by atoms with Crippen LogP contribution < -0.4 is 0 Å². The predicted molar refractivity (Wildman–Crippen MR) is 149 cm³/mol. The maximum atomic E-state index is 13.7. The molecule has 0 saturated carbocycles. The van der Waals surface area contributed by atoms with Crippen LogP contribution in [0.5, 0.6) is 0 Å². The number of hydrogen-bond donors (Lipinski definition) is 2. The monoisotopic (exact) mass is 570 g/mol. The summed E-state index contributed by atoms with van der Waals surface area (Å²) in [4.78, 5) is 39.1. The number of thioether (sulfide) groups is 1. The van der Waals surface area contributed by atoms with Crippen LogP contribution in [0.15, 0.2) is 11.2 Å². The van der Waals surface area contributed by atoms with Gasteiger partial charge in [-0.3, -0.25) is 9.59 Å². The summed E-state index contributed by atoms with van der Waals surface area (Å²) in [5.41, 5.74) is 1.70. The molecule has 2 N–H and O–H groups in total. The third-order valence-corrected chi connectivity index (χ3v) is 7.38. The summed E-state index contributed by atoms with van der Waals surface area (Å²) < 4.78 is 16.2. The summed E-state index contributed by atoms with van der Waals surface area (Å²) in [6.45, 7) is 8.92. The third kappa shape index (κ3) is 11.3. The Morgan fingerprint density at radius 1 is 1.13 bits per heavy atom. The Bertz CT molecular complexity index is 887. The van der Waals surface area contributed by atoms with Gasteiger partial charge >= 0.3 is 0 Å². The molecule has 0 aromatic carbocycles. The molecular formula is C27H46N4O7S. The second-order valence-electron chi connectivity index (χ2n) is 10.4. The number of aliphatic hydroxyl groups is 2. The van der Waals surface area contributed by atoms with Gasteiger partial charge in [-0.05, 0) is 45.1 Å². The van der Waals surface area contributed by atoms with Gasteiger partial charge in [0.1, 0.15) is 24.9 Å². The first-order valence-electron chi connectivity index (χ1n) is 13.5. The quantitative estimate of drug-likeness (QED) is 0.349. The molecule has 39 heavy (non-hydrogen) atoms. The Kier molecular flexibility index (Phi) is 14.6. The van der Waals surface area contributed by atoms with E-state index in [1.807, 2.05) is 24.8 Å². The second-order valence-corrected chi connectivity index (χ2v) is 11.4. The second kappa shape index (κ2) is 17.1. The van der Waals surface area contributed by atoms with Crippen LogP contribution in [0, 0.1) is 19.8 Å². The number of hydrogen-bond acceptors (Lipinski definition) is 10. The van der Waals surface area contributed by atoms with E-state index < -0.39 is 18.3 Å². The zero-order chi connectivity index (χ0) is 28.9. The lowest BCUT2D eigenvalue weighted by molar-refractivity contribution is -0.145. The van der Waals surface area contributed by atoms with Gasteiger partial charge in [0.25, 0.3) is 0 Å². The van der Waals surface area contributed by atoms with Gasteiger partial charge in [-0.25, -0.2) is 9.97 Å². The largest absolute Gasteiger partial charge is 0.388 e. The van der Waals surface area contributed by atoms with E-state index in [4.69, 9.17) is 14.2 Å². The van der Waals surface area contributed by atoms with E-state index >= 15 is 0 Å². The number of rotatable bonds is 8. The van der Waals surface area contributed by atoms with Gasteiger partial charge in [0.05, 0.1) is 12.4 Å². The Morgan fingerprint density at radius 3 is 2.44 bits per heavy atom. The van der Waals surface area contributed by atoms with E-state index in [2.05, 4.69) is 23.8 Å². The topological polar surface area (TPSA) is 135 Å². The normalized spacial score (nSPS) is 24.0. The Labute approximate surface area is 236 Å². The van der Waals surface area contributed by atoms with E-state index in [0.29, 0.717) is 37.6 Å². The minimum absolute atomic E-state index is 0.0265. The van der Waals surface area contributed by atoms with Crippen LogP contribution in [-0.4, -0.2) is 126 Å². The van der Waals surface area contributed by atoms with Crippen molar-refractivity contribution in [2.24, 2.45) is 5.92 Å². The molecule has 2 rings (SSSR count). The van der Waals surface area contributed by atoms with Crippen LogP contribution >= 0.6 is 11.8 Å². The van der Waals surface area contributed by atoms with Crippen LogP contribution in [0.25, 0.3) is 0 Å². The molecule has 1 aliphatic heterocycles. The number of methoxy groups -OCH3 is 2. The summed E-state index contributed by atoms with van der Waals surface area (Å²) in [6.07, 6.45) is -1.23. The molecule has 1 saturated heterocycles. The summed E-state index contributed by atoms with van der Waals surface area (Å²) in [6, 6.07) is 1.62. The molecule has 2 heterocycles. The predicted octanol–water partition coefficient (Wildman–Crippen LogP) is 1.45. The number of carbonyl (C=O) groups excluding carboxylic acids is 2. The van der Waals surface area contributed by atoms with Gasteiger partial charge in [-0.15, -0.1) is 0 Å². The first-order valence-corrected chi connectivity index (χ1v) is 14.5. The van der Waals surface area contributed by atoms with Crippen molar-refractivity contribution in [3.63, 3.8) is 0 Å². The third-order valence-electron chi connectivity index (χ3n) is 6.55. The van der Waals surface area contributed by atoms with Gasteiger partial charge in [-0.2, -0.15) is 0 Å². The van der Waals surface area contributed by atoms with Crippen molar-refractivity contribution in [2.45, 2.75) is 76.5 Å². The average molecular weight is 571 g/mol. The summed E-state index contributed by atoms with van der Waals surface area (Å²) in [7, 11) is 2.87. The van der Waals surface area contributed by atoms with Crippen molar-refractivity contribution in [3.8, 4) is 0 Å². The first kappa shape index (κ1) is 33.4. The highest BCUT2D eigenvalue weighted by molar-refractivity contribution is 7.99. The minimum atomic E-state index is -1.26. The fourth-order valence-corrected chi connectivity index (χ4v) is 5.48. The molecule has 1 fully saturated rings. The van der Waals surface area contributed by atoms with Gasteiger partial charge in [-0.1, -0.05) is 25.6 Å². The van der Waals surface area contributed by atoms with Gasteiger partial charge in [0.2, 0.25) is 11.8 Å². The van der Waals surface area contributed by atoms with Crippen molar-refractivity contribution < 1.29 is 34.0 Å². The van der Waals surface area contributed by atoms with E-state index in [1.165, 1.54) is 26.0 Å². The smallest absolute Gasteiger partial charge is 0.248 e. The summed E-state index contributed by atoms with van der Waals surface area (Å²) in [5, 5.41) is 21.7. The van der Waals surface area contributed by atoms with Crippen molar-refractivity contribution in [1.82, 2.24) is 19.8 Å². The molecule has 1 aliphatic rings. The molecule has 2 amide bonds. The molecule has 222 valence electrons. The zero-order valence-electron chi connectivity index (χ0n) is 24.2. The van der Waals surface area contributed by atoms with Gasteiger partial charge in [0.15, 0.2) is 5.16 Å². The van der Waals surface area contributed by atoms with Crippen LogP contribution in [-0.2, 0) is 23.8 Å². The van der Waals surface area contributed by atoms with Crippen LogP contribution in [0.1, 0.15) is 44.5 Å². The van der Waals surface area contributed by atoms with Crippen LogP contribution in [0.3, 0.4) is 0 Å². The molecule has 0 aliphatic carbocycles. The van der Waals surface area contributed by atoms with Gasteiger partial charge < -0.3 is 34.2 Å². The molecule has 12 heteroatoms. The molecule has 0 radical (unpaired) electrons. The van der Waals surface area contributed by atoms with Gasteiger partial charge in [0, 0.05) is 57.9 Å². The summed E-state index contributed by atoms with van der Waals surface area (Å²) >= 11 is 1.31. The minimum Gasteiger partial charge on any atom is -0.388 e. The number of nitrogens with zero attached hydrogens (tertiary/aromatic N) is 4. The lowest BCUT2D eigenvalue weighted by Gasteiger charge is -2.38. The fraction of sp³-hybridized carbons (Fsp3) is 0.778. The molecule has 11 nitrogen and oxygen atoms in total. The number of amides is 2. The molecule has 0 unspecified atom stereocenters. The Balaban J connectivity index is 2.36. The maximum Gasteiger partial charge on any atom is 0.248 e. The Morgan fingerprint density at radius 2 is 1.82 bits per heavy atom. The lowest BCUT2D eigenvalue weighted by atomic mass is 10.00. The van der Waals surface area contributed by atoms with Crippen LogP contribution in [0.4, 0.5) is 0 Å². The molecule has 1 aromatic heterocycles. The molecular weight excluding hydrogens is 524 g/mol. The van der Waals surface area contributed by atoms with E-state index in [0.717, 1.165) is 11.4 Å². The van der Waals surface area contributed by atoms with E-state index in [-0.39, 0.29) is 55.8 Å². The SMILES string of the molecule is COCC(=O)N1C[C@H](CC(C)C)N(C(=O)CSc2nc(C)cc(C)n2)CCCCOC[C@@H](O)[C@@H](O)[C@H](OC)C1. The standard InChI is InChI=1S/C27H46N4O7S/c1-18(2)11-21-13-30(24(33)16-36-5)14-23(37-6)26(35)22(32)15-38-10-8-7-9-31(21)25(34)17-39-27-28-19(3)12-20(4)29-27/h12,18,21-23,26,32,35H,7-11,13-17H2,1-6H3/t21-,22+,23+,26+/m0/s1. The number of carbonyl (C=O) groups is 2. The molecule has 1 aromatic rings. The first-order chi connectivity index (χ1) is 18.5. The van der Waals surface area contributed by atoms with Crippen molar-refractivity contribution in [2.75, 3.05) is 59.4 Å². The zero-order valence-corrected chi connectivity index (χ0v) is 25.0. The van der Waals surface area contributed by atoms with Crippen LogP contribution in [0.2, 0.25) is 0 Å². The lowest BCUT2D eigenvalue weighted by Crippen LogP contribution is -2.54. The summed E-state index contributed by atoms with van der Waals surface area (Å²) in [5.74, 6) is 0.0852. The number of aromatic nitrogens is 2. The number of aryl methyl sites for hydroxylation is 2. The molecule has 4 atom stereocenters. The Hall–Kier alpha value is -1.83. The average Bonchev–Trinajstić information content (AvgIpc) is 2.87. The highest BCUT2D eigenvalue weighted by Gasteiger charge is 2.33. The number of aliphatic hydroxyl groups excluding tert-OH is 2. The highest BCUT2D eigenvalue weighted by atomic mass is 32.2. The fourth-order valence-electron chi connectivity index (χ4n) is 4.65. The van der Waals surface area contributed by atoms with Crippen molar-refractivity contribution in [1.29, 1.82) is 0 Å². The highest BCUT2D eigenvalue weighted by Crippen LogP contribution is 2.21. The molecule has 0 bridgehead atoms. The van der Waals surface area contributed by atoms with Crippen molar-refractivity contribution >= 4 is 23.6 Å². The van der Waals surface area contributed by atoms with E-state index in [9.17, 15) is 19.8 Å². The number of ether oxygens (including phenoxy) is 3. The molecule has 0 spiro atoms. The maximum absolute atomic E-state index is 13.7. The van der Waals surface area contributed by atoms with Crippen molar-refractivity contribution in [3.05, 3.63) is 17.5 Å².